The molecule has 76 valence electrons. The van der Waals surface area contributed by atoms with Gasteiger partial charge in [-0.1, -0.05) is 6.92 Å². The van der Waals surface area contributed by atoms with Gasteiger partial charge < -0.3 is 10.4 Å². The fourth-order valence-electron chi connectivity index (χ4n) is 1.19. The van der Waals surface area contributed by atoms with E-state index in [2.05, 4.69) is 5.32 Å². The largest absolute Gasteiger partial charge is 0.481 e. The van der Waals surface area contributed by atoms with Crippen LogP contribution in [0, 0.1) is 5.41 Å². The molecule has 13 heavy (non-hydrogen) atoms. The summed E-state index contributed by atoms with van der Waals surface area (Å²) < 4.78 is 0. The van der Waals surface area contributed by atoms with Crippen LogP contribution in [-0.4, -0.2) is 23.0 Å². The minimum Gasteiger partial charge on any atom is -0.481 e. The zero-order valence-electron chi connectivity index (χ0n) is 8.55. The fraction of sp³-hybridized carbons (Fsp3) is 0.778. The highest BCUT2D eigenvalue weighted by molar-refractivity contribution is 5.78. The van der Waals surface area contributed by atoms with Crippen molar-refractivity contribution in [2.45, 2.75) is 40.2 Å². The van der Waals surface area contributed by atoms with Crippen molar-refractivity contribution in [1.82, 2.24) is 5.32 Å². The van der Waals surface area contributed by atoms with Gasteiger partial charge in [0.15, 0.2) is 0 Å². The summed E-state index contributed by atoms with van der Waals surface area (Å²) in [6.45, 7) is 6.46. The quantitative estimate of drug-likeness (QED) is 0.690. The predicted octanol–water partition coefficient (Wildman–Crippen LogP) is 1.01. The Bertz CT molecular complexity index is 211. The maximum Gasteiger partial charge on any atom is 0.311 e. The Morgan fingerprint density at radius 2 is 1.92 bits per heavy atom. The molecule has 4 heteroatoms. The Morgan fingerprint density at radius 1 is 1.46 bits per heavy atom. The summed E-state index contributed by atoms with van der Waals surface area (Å²) in [6, 6.07) is -0.317. The molecule has 0 aromatic carbocycles. The number of nitrogens with one attached hydrogen (secondary N) is 1. The van der Waals surface area contributed by atoms with Crippen LogP contribution in [0.4, 0.5) is 0 Å². The lowest BCUT2D eigenvalue weighted by Gasteiger charge is -2.29. The molecule has 1 atom stereocenters. The Hall–Kier alpha value is -1.06. The van der Waals surface area contributed by atoms with Crippen LogP contribution in [0.15, 0.2) is 0 Å². The van der Waals surface area contributed by atoms with Gasteiger partial charge >= 0.3 is 5.97 Å². The molecule has 0 bridgehead atoms. The van der Waals surface area contributed by atoms with Crippen LogP contribution in [0.3, 0.4) is 0 Å². The van der Waals surface area contributed by atoms with Gasteiger partial charge in [0.25, 0.3) is 0 Å². The van der Waals surface area contributed by atoms with Crippen LogP contribution in [-0.2, 0) is 9.59 Å². The van der Waals surface area contributed by atoms with Crippen LogP contribution in [0.1, 0.15) is 34.1 Å². The molecule has 2 N–H and O–H groups in total. The van der Waals surface area contributed by atoms with Gasteiger partial charge in [-0.05, 0) is 20.3 Å². The van der Waals surface area contributed by atoms with Gasteiger partial charge in [-0.3, -0.25) is 9.59 Å². The van der Waals surface area contributed by atoms with Crippen molar-refractivity contribution < 1.29 is 14.7 Å². The summed E-state index contributed by atoms with van der Waals surface area (Å²) in [5.74, 6) is -1.09. The monoisotopic (exact) mass is 187 g/mol. The number of carboxylic acid groups (broad SMARTS) is 1. The number of carboxylic acids is 1. The van der Waals surface area contributed by atoms with Crippen molar-refractivity contribution >= 4 is 11.9 Å². The van der Waals surface area contributed by atoms with Gasteiger partial charge in [0.05, 0.1) is 5.41 Å². The van der Waals surface area contributed by atoms with E-state index in [4.69, 9.17) is 5.11 Å². The van der Waals surface area contributed by atoms with Crippen LogP contribution < -0.4 is 5.32 Å². The molecule has 0 saturated heterocycles. The van der Waals surface area contributed by atoms with Crippen molar-refractivity contribution in [3.63, 3.8) is 0 Å². The van der Waals surface area contributed by atoms with E-state index in [-0.39, 0.29) is 11.9 Å². The molecular formula is C9H17NO3. The summed E-state index contributed by atoms with van der Waals surface area (Å²) in [4.78, 5) is 21.6. The number of carbonyl (C=O) groups excluding carboxylic acids is 1. The normalized spacial score (nSPS) is 13.5. The third kappa shape index (κ3) is 3.05. The lowest BCUT2D eigenvalue weighted by atomic mass is 9.83. The predicted molar refractivity (Wildman–Crippen MR) is 49.3 cm³/mol. The first-order valence-electron chi connectivity index (χ1n) is 4.32. The highest BCUT2D eigenvalue weighted by Gasteiger charge is 2.36. The minimum atomic E-state index is -0.916. The van der Waals surface area contributed by atoms with Gasteiger partial charge in [0.1, 0.15) is 0 Å². The Morgan fingerprint density at radius 3 is 2.15 bits per heavy atom. The molecule has 0 aliphatic heterocycles. The van der Waals surface area contributed by atoms with Crippen molar-refractivity contribution in [2.75, 3.05) is 0 Å². The molecule has 4 nitrogen and oxygen atoms in total. The molecule has 1 amide bonds. The highest BCUT2D eigenvalue weighted by atomic mass is 16.4. The summed E-state index contributed by atoms with van der Waals surface area (Å²) in [5, 5.41) is 11.5. The number of amides is 1. The van der Waals surface area contributed by atoms with Crippen molar-refractivity contribution in [3.05, 3.63) is 0 Å². The second-order valence-corrected chi connectivity index (χ2v) is 3.69. The molecule has 0 aromatic rings. The van der Waals surface area contributed by atoms with E-state index in [9.17, 15) is 9.59 Å². The minimum absolute atomic E-state index is 0.193. The molecule has 0 saturated carbocycles. The topological polar surface area (TPSA) is 66.4 Å². The van der Waals surface area contributed by atoms with E-state index in [1.54, 1.807) is 13.8 Å². The summed E-state index contributed by atoms with van der Waals surface area (Å²) in [7, 11) is 0. The second-order valence-electron chi connectivity index (χ2n) is 3.69. The summed E-state index contributed by atoms with van der Waals surface area (Å²) in [6.07, 6.45) is 0.610. The molecule has 0 aromatic heterocycles. The molecule has 0 spiro atoms. The SMILES string of the molecule is CCC(NC(C)=O)C(C)(C)C(=O)O. The molecule has 0 radical (unpaired) electrons. The van der Waals surface area contributed by atoms with Gasteiger partial charge in [-0.2, -0.15) is 0 Å². The van der Waals surface area contributed by atoms with Gasteiger partial charge in [-0.15, -0.1) is 0 Å². The molecule has 0 aliphatic rings. The van der Waals surface area contributed by atoms with Gasteiger partial charge in [0, 0.05) is 13.0 Å². The van der Waals surface area contributed by atoms with Gasteiger partial charge in [-0.25, -0.2) is 0 Å². The first-order chi connectivity index (χ1) is 5.82. The average molecular weight is 187 g/mol. The van der Waals surface area contributed by atoms with Crippen molar-refractivity contribution in [1.29, 1.82) is 0 Å². The first kappa shape index (κ1) is 11.9. The van der Waals surface area contributed by atoms with Crippen molar-refractivity contribution in [3.8, 4) is 0 Å². The summed E-state index contributed by atoms with van der Waals surface area (Å²) in [5.41, 5.74) is -0.916. The number of hydrogen-bond acceptors (Lipinski definition) is 2. The van der Waals surface area contributed by atoms with E-state index in [0.29, 0.717) is 6.42 Å². The third-order valence-corrected chi connectivity index (χ3v) is 2.21. The number of hydrogen-bond donors (Lipinski definition) is 2. The molecular weight excluding hydrogens is 170 g/mol. The smallest absolute Gasteiger partial charge is 0.311 e. The molecule has 0 aliphatic carbocycles. The zero-order valence-corrected chi connectivity index (χ0v) is 8.55. The highest BCUT2D eigenvalue weighted by Crippen LogP contribution is 2.23. The van der Waals surface area contributed by atoms with Gasteiger partial charge in [0.2, 0.25) is 5.91 Å². The number of rotatable bonds is 4. The summed E-state index contributed by atoms with van der Waals surface area (Å²) >= 11 is 0. The molecule has 0 fully saturated rings. The fourth-order valence-corrected chi connectivity index (χ4v) is 1.19. The van der Waals surface area contributed by atoms with E-state index < -0.39 is 11.4 Å². The average Bonchev–Trinajstić information content (AvgIpc) is 1.99. The maximum atomic E-state index is 10.9. The number of aliphatic carboxylic acids is 1. The van der Waals surface area contributed by atoms with Crippen LogP contribution in [0.2, 0.25) is 0 Å². The third-order valence-electron chi connectivity index (χ3n) is 2.21. The van der Waals surface area contributed by atoms with Crippen molar-refractivity contribution in [2.24, 2.45) is 5.41 Å². The van der Waals surface area contributed by atoms with E-state index >= 15 is 0 Å². The number of carbonyl (C=O) groups is 2. The van der Waals surface area contributed by atoms with E-state index in [1.807, 2.05) is 6.92 Å². The molecule has 0 rings (SSSR count). The molecule has 1 unspecified atom stereocenters. The first-order valence-corrected chi connectivity index (χ1v) is 4.32. The zero-order chi connectivity index (χ0) is 10.6. The standard InChI is InChI=1S/C9H17NO3/c1-5-7(10-6(2)11)9(3,4)8(12)13/h7H,5H2,1-4H3,(H,10,11)(H,12,13). The van der Waals surface area contributed by atoms with Crippen LogP contribution >= 0.6 is 0 Å². The van der Waals surface area contributed by atoms with Crippen LogP contribution in [0.25, 0.3) is 0 Å². The Balaban J connectivity index is 4.55. The lowest BCUT2D eigenvalue weighted by Crippen LogP contribution is -2.47. The molecule has 0 heterocycles. The second kappa shape index (κ2) is 4.25. The maximum absolute atomic E-state index is 10.9. The van der Waals surface area contributed by atoms with Crippen LogP contribution in [0.5, 0.6) is 0 Å². The van der Waals surface area contributed by atoms with E-state index in [0.717, 1.165) is 0 Å². The Kier molecular flexibility index (Phi) is 3.91. The van der Waals surface area contributed by atoms with E-state index in [1.165, 1.54) is 6.92 Å². The lowest BCUT2D eigenvalue weighted by molar-refractivity contribution is -0.149. The Labute approximate surface area is 78.3 Å².